The van der Waals surface area contributed by atoms with E-state index in [9.17, 15) is 0 Å². The first-order valence-corrected chi connectivity index (χ1v) is 5.81. The molecule has 16 heavy (non-hydrogen) atoms. The number of hydrogen-bond acceptors (Lipinski definition) is 3. The zero-order valence-corrected chi connectivity index (χ0v) is 10.7. The van der Waals surface area contributed by atoms with Gasteiger partial charge in [0.2, 0.25) is 0 Å². The van der Waals surface area contributed by atoms with Crippen LogP contribution in [0.4, 0.5) is 0 Å². The molecular formula is C12H19ClN2O. The van der Waals surface area contributed by atoms with Crippen LogP contribution in [0, 0.1) is 5.92 Å². The van der Waals surface area contributed by atoms with Gasteiger partial charge in [-0.15, -0.1) is 0 Å². The third kappa shape index (κ3) is 2.88. The Morgan fingerprint density at radius 2 is 2.19 bits per heavy atom. The van der Waals surface area contributed by atoms with Crippen LogP contribution in [0.5, 0.6) is 5.75 Å². The van der Waals surface area contributed by atoms with E-state index in [1.165, 1.54) is 0 Å². The number of methoxy groups -OCH3 is 1. The minimum absolute atomic E-state index is 0.0808. The molecule has 0 aromatic heterocycles. The molecule has 0 amide bonds. The molecule has 3 N–H and O–H groups in total. The maximum atomic E-state index is 5.93. The van der Waals surface area contributed by atoms with Crippen molar-refractivity contribution in [2.24, 2.45) is 11.8 Å². The van der Waals surface area contributed by atoms with E-state index in [1.807, 2.05) is 18.2 Å². The van der Waals surface area contributed by atoms with Gasteiger partial charge in [0.1, 0.15) is 5.75 Å². The summed E-state index contributed by atoms with van der Waals surface area (Å²) < 4.78 is 5.32. The second kappa shape index (κ2) is 6.09. The minimum Gasteiger partial charge on any atom is -0.496 e. The molecule has 2 atom stereocenters. The number of halogens is 1. The van der Waals surface area contributed by atoms with Crippen molar-refractivity contribution in [3.63, 3.8) is 0 Å². The molecule has 90 valence electrons. The Morgan fingerprint density at radius 1 is 1.50 bits per heavy atom. The first-order chi connectivity index (χ1) is 7.63. The summed E-state index contributed by atoms with van der Waals surface area (Å²) in [6.07, 6.45) is 1.04. The van der Waals surface area contributed by atoms with Gasteiger partial charge in [-0.25, -0.2) is 0 Å². The lowest BCUT2D eigenvalue weighted by atomic mass is 9.92. The van der Waals surface area contributed by atoms with E-state index in [1.54, 1.807) is 7.11 Å². The predicted molar refractivity (Wildman–Crippen MR) is 67.5 cm³/mol. The van der Waals surface area contributed by atoms with Crippen LogP contribution < -0.4 is 16.0 Å². The summed E-state index contributed by atoms with van der Waals surface area (Å²) >= 11 is 5.93. The highest BCUT2D eigenvalue weighted by Gasteiger charge is 2.20. The van der Waals surface area contributed by atoms with Gasteiger partial charge in [0, 0.05) is 10.6 Å². The van der Waals surface area contributed by atoms with Gasteiger partial charge >= 0.3 is 0 Å². The molecule has 2 unspecified atom stereocenters. The van der Waals surface area contributed by atoms with Gasteiger partial charge in [-0.05, 0) is 18.1 Å². The summed E-state index contributed by atoms with van der Waals surface area (Å²) in [5.41, 5.74) is 3.89. The molecule has 0 radical (unpaired) electrons. The van der Waals surface area contributed by atoms with Gasteiger partial charge in [0.25, 0.3) is 0 Å². The van der Waals surface area contributed by atoms with Crippen LogP contribution in [0.2, 0.25) is 5.02 Å². The Kier molecular flexibility index (Phi) is 5.06. The monoisotopic (exact) mass is 242 g/mol. The molecule has 0 aliphatic rings. The van der Waals surface area contributed by atoms with Crippen molar-refractivity contribution in [1.29, 1.82) is 0 Å². The lowest BCUT2D eigenvalue weighted by Gasteiger charge is -2.24. The summed E-state index contributed by atoms with van der Waals surface area (Å²) in [5.74, 6) is 6.81. The van der Waals surface area contributed by atoms with Crippen molar-refractivity contribution in [3.8, 4) is 5.75 Å². The van der Waals surface area contributed by atoms with Crippen LogP contribution in [-0.2, 0) is 0 Å². The molecule has 1 aromatic rings. The smallest absolute Gasteiger partial charge is 0.125 e. The Labute approximate surface area is 102 Å². The standard InChI is InChI=1S/C12H19ClN2O/c1-4-8(2)12(15-14)10-6-5-9(13)7-11(10)16-3/h5-8,12,15H,4,14H2,1-3H3. The minimum atomic E-state index is 0.0808. The van der Waals surface area contributed by atoms with Gasteiger partial charge < -0.3 is 4.74 Å². The van der Waals surface area contributed by atoms with Gasteiger partial charge in [0.05, 0.1) is 13.2 Å². The number of nitrogens with two attached hydrogens (primary N) is 1. The molecule has 0 fully saturated rings. The van der Waals surface area contributed by atoms with Crippen molar-refractivity contribution in [2.45, 2.75) is 26.3 Å². The SMILES string of the molecule is CCC(C)C(NN)c1ccc(Cl)cc1OC. The van der Waals surface area contributed by atoms with Crippen LogP contribution in [0.3, 0.4) is 0 Å². The van der Waals surface area contributed by atoms with Gasteiger partial charge in [-0.3, -0.25) is 11.3 Å². The molecule has 0 heterocycles. The van der Waals surface area contributed by atoms with Crippen LogP contribution in [0.15, 0.2) is 18.2 Å². The van der Waals surface area contributed by atoms with Crippen molar-refractivity contribution in [2.75, 3.05) is 7.11 Å². The second-order valence-corrected chi connectivity index (χ2v) is 4.35. The first kappa shape index (κ1) is 13.3. The molecule has 3 nitrogen and oxygen atoms in total. The summed E-state index contributed by atoms with van der Waals surface area (Å²) in [6, 6.07) is 5.70. The van der Waals surface area contributed by atoms with E-state index in [4.69, 9.17) is 22.2 Å². The largest absolute Gasteiger partial charge is 0.496 e. The number of nitrogens with one attached hydrogen (secondary N) is 1. The highest BCUT2D eigenvalue weighted by Crippen LogP contribution is 2.32. The van der Waals surface area contributed by atoms with E-state index >= 15 is 0 Å². The number of hydrazine groups is 1. The van der Waals surface area contributed by atoms with Crippen LogP contribution in [0.25, 0.3) is 0 Å². The van der Waals surface area contributed by atoms with Crippen LogP contribution >= 0.6 is 11.6 Å². The fraction of sp³-hybridized carbons (Fsp3) is 0.500. The Hall–Kier alpha value is -0.770. The lowest BCUT2D eigenvalue weighted by molar-refractivity contribution is 0.354. The second-order valence-electron chi connectivity index (χ2n) is 3.92. The summed E-state index contributed by atoms with van der Waals surface area (Å²) in [4.78, 5) is 0. The molecular weight excluding hydrogens is 224 g/mol. The van der Waals surface area contributed by atoms with Crippen LogP contribution in [0.1, 0.15) is 31.9 Å². The highest BCUT2D eigenvalue weighted by atomic mass is 35.5. The molecule has 0 aliphatic heterocycles. The topological polar surface area (TPSA) is 47.3 Å². The number of ether oxygens (including phenoxy) is 1. The van der Waals surface area contributed by atoms with E-state index in [-0.39, 0.29) is 6.04 Å². The number of benzene rings is 1. The average Bonchev–Trinajstić information content (AvgIpc) is 2.31. The summed E-state index contributed by atoms with van der Waals surface area (Å²) in [5, 5.41) is 0.667. The van der Waals surface area contributed by atoms with E-state index in [0.717, 1.165) is 17.7 Å². The van der Waals surface area contributed by atoms with Crippen LogP contribution in [-0.4, -0.2) is 7.11 Å². The molecule has 0 spiro atoms. The Morgan fingerprint density at radius 3 is 2.69 bits per heavy atom. The molecule has 1 rings (SSSR count). The van der Waals surface area contributed by atoms with E-state index in [0.29, 0.717) is 10.9 Å². The quantitative estimate of drug-likeness (QED) is 0.617. The highest BCUT2D eigenvalue weighted by molar-refractivity contribution is 6.30. The predicted octanol–water partition coefficient (Wildman–Crippen LogP) is 2.90. The Bertz CT molecular complexity index is 344. The zero-order chi connectivity index (χ0) is 12.1. The molecule has 0 bridgehead atoms. The van der Waals surface area contributed by atoms with E-state index < -0.39 is 0 Å². The maximum absolute atomic E-state index is 5.93. The number of hydrogen-bond donors (Lipinski definition) is 2. The van der Waals surface area contributed by atoms with Gasteiger partial charge in [-0.1, -0.05) is 37.9 Å². The Balaban J connectivity index is 3.08. The molecule has 1 aromatic carbocycles. The normalized spacial score (nSPS) is 14.6. The van der Waals surface area contributed by atoms with Crippen molar-refractivity contribution in [1.82, 2.24) is 5.43 Å². The average molecular weight is 243 g/mol. The van der Waals surface area contributed by atoms with Crippen molar-refractivity contribution in [3.05, 3.63) is 28.8 Å². The molecule has 0 saturated carbocycles. The fourth-order valence-electron chi connectivity index (χ4n) is 1.74. The summed E-state index contributed by atoms with van der Waals surface area (Å²) in [7, 11) is 1.64. The third-order valence-corrected chi connectivity index (χ3v) is 3.16. The maximum Gasteiger partial charge on any atom is 0.125 e. The first-order valence-electron chi connectivity index (χ1n) is 5.43. The van der Waals surface area contributed by atoms with E-state index in [2.05, 4.69) is 19.3 Å². The zero-order valence-electron chi connectivity index (χ0n) is 9.96. The molecule has 4 heteroatoms. The van der Waals surface area contributed by atoms with Crippen molar-refractivity contribution < 1.29 is 4.74 Å². The number of rotatable bonds is 5. The third-order valence-electron chi connectivity index (χ3n) is 2.92. The van der Waals surface area contributed by atoms with Gasteiger partial charge in [-0.2, -0.15) is 0 Å². The molecule has 0 saturated heterocycles. The fourth-order valence-corrected chi connectivity index (χ4v) is 1.90. The molecule has 0 aliphatic carbocycles. The van der Waals surface area contributed by atoms with Gasteiger partial charge in [0.15, 0.2) is 0 Å². The van der Waals surface area contributed by atoms with Crippen molar-refractivity contribution >= 4 is 11.6 Å². The summed E-state index contributed by atoms with van der Waals surface area (Å²) in [6.45, 7) is 4.29. The lowest BCUT2D eigenvalue weighted by Crippen LogP contribution is -2.32.